The van der Waals surface area contributed by atoms with Crippen molar-refractivity contribution in [2.24, 2.45) is 0 Å². The number of hydrogen-bond donors (Lipinski definition) is 0. The first kappa shape index (κ1) is 9.52. The Labute approximate surface area is 78.6 Å². The van der Waals surface area contributed by atoms with Crippen molar-refractivity contribution >= 4 is 18.9 Å². The van der Waals surface area contributed by atoms with Gasteiger partial charge in [0.15, 0.2) is 0 Å². The van der Waals surface area contributed by atoms with Crippen LogP contribution in [-0.4, -0.2) is 17.2 Å². The van der Waals surface area contributed by atoms with Crippen LogP contribution in [0.3, 0.4) is 0 Å². The maximum Gasteiger partial charge on any atom is 0.222 e. The molecule has 0 aliphatic rings. The zero-order chi connectivity index (χ0) is 8.97. The molecule has 1 atom stereocenters. The summed E-state index contributed by atoms with van der Waals surface area (Å²) in [5, 5.41) is 0.312. The number of nitrogens with zero attached hydrogens (tertiary/aromatic N) is 2. The van der Waals surface area contributed by atoms with Crippen LogP contribution in [0.25, 0.3) is 0 Å². The zero-order valence-corrected chi connectivity index (χ0v) is 8.04. The van der Waals surface area contributed by atoms with Gasteiger partial charge in [0.1, 0.15) is 7.28 Å². The van der Waals surface area contributed by atoms with Crippen LogP contribution in [0.15, 0.2) is 12.4 Å². The smallest absolute Gasteiger partial charge is 0.222 e. The molecule has 0 aromatic carbocycles. The molecule has 1 aromatic heterocycles. The van der Waals surface area contributed by atoms with Crippen molar-refractivity contribution in [3.63, 3.8) is 0 Å². The Morgan fingerprint density at radius 2 is 2.08 bits per heavy atom. The van der Waals surface area contributed by atoms with Crippen molar-refractivity contribution in [3.8, 4) is 0 Å². The van der Waals surface area contributed by atoms with Gasteiger partial charge in [0.2, 0.25) is 5.28 Å². The molecule has 1 heterocycles. The number of aromatic nitrogens is 2. The normalized spacial score (nSPS) is 12.6. The standard InChI is InChI=1S/C8H11BClN2/c1-6(9-2)3-7-4-11-8(10)12-5-7/h4-6H,3H2,1-2H3. The highest BCUT2D eigenvalue weighted by Crippen LogP contribution is 2.11. The fourth-order valence-corrected chi connectivity index (χ4v) is 1.03. The molecular formula is C8H11BClN2. The minimum absolute atomic E-state index is 0.312. The molecule has 0 N–H and O–H groups in total. The van der Waals surface area contributed by atoms with Crippen LogP contribution in [0.4, 0.5) is 0 Å². The second-order valence-corrected chi connectivity index (χ2v) is 3.21. The van der Waals surface area contributed by atoms with E-state index in [0.29, 0.717) is 11.1 Å². The first-order valence-corrected chi connectivity index (χ1v) is 4.36. The van der Waals surface area contributed by atoms with Crippen molar-refractivity contribution in [2.75, 3.05) is 0 Å². The van der Waals surface area contributed by atoms with Gasteiger partial charge in [0, 0.05) is 12.4 Å². The molecule has 1 radical (unpaired) electrons. The highest BCUT2D eigenvalue weighted by molar-refractivity contribution is 6.35. The van der Waals surface area contributed by atoms with Gasteiger partial charge in [-0.1, -0.05) is 19.6 Å². The molecule has 1 rings (SSSR count). The van der Waals surface area contributed by atoms with E-state index in [1.54, 1.807) is 12.4 Å². The fourth-order valence-electron chi connectivity index (χ4n) is 0.934. The molecule has 1 aromatic rings. The molecule has 63 valence electrons. The van der Waals surface area contributed by atoms with Crippen LogP contribution in [-0.2, 0) is 6.42 Å². The minimum Gasteiger partial charge on any atom is -0.226 e. The fraction of sp³-hybridized carbons (Fsp3) is 0.500. The first-order chi connectivity index (χ1) is 5.72. The molecule has 0 spiro atoms. The average Bonchev–Trinajstić information content (AvgIpc) is 2.09. The third-order valence-electron chi connectivity index (χ3n) is 1.80. The molecule has 0 bridgehead atoms. The van der Waals surface area contributed by atoms with E-state index in [9.17, 15) is 0 Å². The van der Waals surface area contributed by atoms with Gasteiger partial charge in [-0.3, -0.25) is 0 Å². The van der Waals surface area contributed by atoms with Crippen LogP contribution in [0.5, 0.6) is 0 Å². The van der Waals surface area contributed by atoms with Gasteiger partial charge in [0.05, 0.1) is 0 Å². The van der Waals surface area contributed by atoms with Gasteiger partial charge in [-0.15, -0.1) is 0 Å². The van der Waals surface area contributed by atoms with Gasteiger partial charge in [-0.25, -0.2) is 9.97 Å². The Kier molecular flexibility index (Phi) is 3.54. The van der Waals surface area contributed by atoms with Crippen LogP contribution < -0.4 is 0 Å². The lowest BCUT2D eigenvalue weighted by Crippen LogP contribution is -2.00. The predicted octanol–water partition coefficient (Wildman–Crippen LogP) is 2.23. The van der Waals surface area contributed by atoms with E-state index in [0.717, 1.165) is 12.0 Å². The van der Waals surface area contributed by atoms with Gasteiger partial charge in [-0.2, -0.15) is 0 Å². The molecule has 1 unspecified atom stereocenters. The van der Waals surface area contributed by atoms with Crippen LogP contribution >= 0.6 is 11.6 Å². The quantitative estimate of drug-likeness (QED) is 0.528. The van der Waals surface area contributed by atoms with Crippen molar-refractivity contribution in [2.45, 2.75) is 26.0 Å². The maximum absolute atomic E-state index is 5.55. The summed E-state index contributed by atoms with van der Waals surface area (Å²) in [6, 6.07) is 0. The van der Waals surface area contributed by atoms with Crippen molar-refractivity contribution in [1.82, 2.24) is 9.97 Å². The Bertz CT molecular complexity index is 237. The van der Waals surface area contributed by atoms with Gasteiger partial charge in [-0.05, 0) is 23.6 Å². The first-order valence-electron chi connectivity index (χ1n) is 3.98. The van der Waals surface area contributed by atoms with E-state index in [1.165, 1.54) is 0 Å². The number of hydrogen-bond acceptors (Lipinski definition) is 2. The minimum atomic E-state index is 0.312. The SMILES string of the molecule is C[B]C(C)Cc1cnc(Cl)nc1. The van der Waals surface area contributed by atoms with Crippen molar-refractivity contribution < 1.29 is 0 Å². The summed E-state index contributed by atoms with van der Waals surface area (Å²) in [6.45, 7) is 4.22. The van der Waals surface area contributed by atoms with E-state index in [2.05, 4.69) is 31.0 Å². The topological polar surface area (TPSA) is 25.8 Å². The molecule has 0 fully saturated rings. The lowest BCUT2D eigenvalue weighted by atomic mass is 9.66. The Morgan fingerprint density at radius 3 is 2.58 bits per heavy atom. The summed E-state index contributed by atoms with van der Waals surface area (Å²) >= 11 is 5.55. The highest BCUT2D eigenvalue weighted by atomic mass is 35.5. The largest absolute Gasteiger partial charge is 0.226 e. The van der Waals surface area contributed by atoms with Crippen LogP contribution in [0, 0.1) is 0 Å². The van der Waals surface area contributed by atoms with Gasteiger partial charge < -0.3 is 0 Å². The lowest BCUT2D eigenvalue weighted by molar-refractivity contribution is 0.887. The van der Waals surface area contributed by atoms with E-state index < -0.39 is 0 Å². The molecule has 0 saturated heterocycles. The van der Waals surface area contributed by atoms with Gasteiger partial charge in [0.25, 0.3) is 0 Å². The third kappa shape index (κ3) is 2.82. The maximum atomic E-state index is 5.55. The van der Waals surface area contributed by atoms with E-state index in [1.807, 2.05) is 0 Å². The molecule has 0 amide bonds. The molecule has 0 aliphatic carbocycles. The van der Waals surface area contributed by atoms with Crippen molar-refractivity contribution in [1.29, 1.82) is 0 Å². The second-order valence-electron chi connectivity index (χ2n) is 2.88. The summed E-state index contributed by atoms with van der Waals surface area (Å²) in [5.41, 5.74) is 1.13. The summed E-state index contributed by atoms with van der Waals surface area (Å²) in [4.78, 5) is 7.81. The number of halogens is 1. The molecule has 4 heteroatoms. The monoisotopic (exact) mass is 181 g/mol. The van der Waals surface area contributed by atoms with E-state index >= 15 is 0 Å². The zero-order valence-electron chi connectivity index (χ0n) is 7.29. The summed E-state index contributed by atoms with van der Waals surface area (Å²) < 4.78 is 0. The molecular weight excluding hydrogens is 170 g/mol. The molecule has 12 heavy (non-hydrogen) atoms. The predicted molar refractivity (Wildman–Crippen MR) is 51.8 cm³/mol. The molecule has 0 saturated carbocycles. The molecule has 2 nitrogen and oxygen atoms in total. The third-order valence-corrected chi connectivity index (χ3v) is 2.00. The summed E-state index contributed by atoms with van der Waals surface area (Å²) in [7, 11) is 2.16. The Balaban J connectivity index is 2.58. The molecule has 0 aliphatic heterocycles. The van der Waals surface area contributed by atoms with Crippen molar-refractivity contribution in [3.05, 3.63) is 23.2 Å². The van der Waals surface area contributed by atoms with E-state index in [-0.39, 0.29) is 0 Å². The second kappa shape index (κ2) is 4.46. The Morgan fingerprint density at radius 1 is 1.50 bits per heavy atom. The average molecular weight is 181 g/mol. The Hall–Kier alpha value is -0.565. The van der Waals surface area contributed by atoms with Crippen LogP contribution in [0.1, 0.15) is 12.5 Å². The number of rotatable bonds is 3. The van der Waals surface area contributed by atoms with Crippen LogP contribution in [0.2, 0.25) is 17.9 Å². The highest BCUT2D eigenvalue weighted by Gasteiger charge is 2.02. The van der Waals surface area contributed by atoms with Gasteiger partial charge >= 0.3 is 0 Å². The summed E-state index contributed by atoms with van der Waals surface area (Å²) in [6.07, 6.45) is 4.53. The summed E-state index contributed by atoms with van der Waals surface area (Å²) in [5.74, 6) is 0.565. The van der Waals surface area contributed by atoms with E-state index in [4.69, 9.17) is 11.6 Å². The lowest BCUT2D eigenvalue weighted by Gasteiger charge is -2.05.